The van der Waals surface area contributed by atoms with Crippen molar-refractivity contribution in [2.75, 3.05) is 39.6 Å². The molecule has 0 fully saturated rings. The smallest absolute Gasteiger partial charge is 0.462 e. The van der Waals surface area contributed by atoms with Gasteiger partial charge in [0.15, 0.2) is 12.2 Å². The highest BCUT2D eigenvalue weighted by atomic mass is 31.2. The van der Waals surface area contributed by atoms with E-state index < -0.39 is 97.5 Å². The average Bonchev–Trinajstić information content (AvgIpc) is 3.00. The fourth-order valence-corrected chi connectivity index (χ4v) is 12.2. The van der Waals surface area contributed by atoms with Crippen molar-refractivity contribution in [1.82, 2.24) is 0 Å². The van der Waals surface area contributed by atoms with E-state index in [4.69, 9.17) is 37.0 Å². The van der Waals surface area contributed by atoms with E-state index in [1.54, 1.807) is 0 Å². The number of carbonyl (C=O) groups excluding carboxylic acids is 4. The molecule has 3 N–H and O–H groups in total. The molecule has 0 radical (unpaired) electrons. The number of aliphatic hydroxyl groups excluding tert-OH is 1. The molecule has 17 nitrogen and oxygen atoms in total. The van der Waals surface area contributed by atoms with Crippen molar-refractivity contribution in [1.29, 1.82) is 0 Å². The molecule has 0 aliphatic rings. The summed E-state index contributed by atoms with van der Waals surface area (Å²) in [6, 6.07) is 0. The zero-order valence-electron chi connectivity index (χ0n) is 58.8. The van der Waals surface area contributed by atoms with Crippen molar-refractivity contribution in [3.8, 4) is 0 Å². The third kappa shape index (κ3) is 64.8. The maximum atomic E-state index is 13.0. The van der Waals surface area contributed by atoms with Crippen LogP contribution in [0.3, 0.4) is 0 Å². The molecule has 0 saturated carbocycles. The summed E-state index contributed by atoms with van der Waals surface area (Å²) in [4.78, 5) is 72.5. The molecule has 0 aromatic carbocycles. The summed E-state index contributed by atoms with van der Waals surface area (Å²) in [6.45, 7) is 14.1. The molecule has 0 aromatic heterocycles. The van der Waals surface area contributed by atoms with Gasteiger partial charge in [-0.15, -0.1) is 0 Å². The Hall–Kier alpha value is -1.94. The molecule has 19 heteroatoms. The Bertz CT molecular complexity index is 1780. The topological polar surface area (TPSA) is 237 Å². The number of hydrogen-bond donors (Lipinski definition) is 3. The Balaban J connectivity index is 5.23. The van der Waals surface area contributed by atoms with Crippen LogP contribution in [0.15, 0.2) is 0 Å². The van der Waals surface area contributed by atoms with Crippen LogP contribution in [0.5, 0.6) is 0 Å². The van der Waals surface area contributed by atoms with Gasteiger partial charge in [-0.05, 0) is 49.4 Å². The normalized spacial score (nSPS) is 14.3. The summed E-state index contributed by atoms with van der Waals surface area (Å²) in [7, 11) is -9.90. The Kier molecular flexibility index (Phi) is 59.4. The summed E-state index contributed by atoms with van der Waals surface area (Å²) in [6.07, 6.45) is 43.2. The number of phosphoric acid groups is 2. The van der Waals surface area contributed by atoms with E-state index in [1.165, 1.54) is 148 Å². The number of aliphatic hydroxyl groups is 1. The third-order valence-electron chi connectivity index (χ3n) is 16.3. The van der Waals surface area contributed by atoms with Gasteiger partial charge in [0.25, 0.3) is 0 Å². The van der Waals surface area contributed by atoms with Crippen molar-refractivity contribution >= 4 is 39.5 Å². The first-order valence-corrected chi connectivity index (χ1v) is 39.7. The number of esters is 4. The van der Waals surface area contributed by atoms with E-state index in [0.717, 1.165) is 114 Å². The van der Waals surface area contributed by atoms with Gasteiger partial charge in [0.2, 0.25) is 0 Å². The molecule has 0 heterocycles. The van der Waals surface area contributed by atoms with Crippen molar-refractivity contribution in [2.24, 2.45) is 23.7 Å². The van der Waals surface area contributed by atoms with Crippen LogP contribution in [0, 0.1) is 23.7 Å². The second-order valence-corrected chi connectivity index (χ2v) is 30.4. The number of unbranched alkanes of at least 4 members (excludes halogenated alkanes) is 34. The van der Waals surface area contributed by atoms with Crippen molar-refractivity contribution < 1.29 is 80.2 Å². The molecule has 0 rings (SSSR count). The lowest BCUT2D eigenvalue weighted by Crippen LogP contribution is -2.30. The fourth-order valence-electron chi connectivity index (χ4n) is 10.7. The molecule has 534 valence electrons. The van der Waals surface area contributed by atoms with Crippen LogP contribution < -0.4 is 0 Å². The molecular weight excluding hydrogens is 1190 g/mol. The van der Waals surface area contributed by atoms with Gasteiger partial charge in [0, 0.05) is 25.7 Å². The largest absolute Gasteiger partial charge is 0.472 e. The molecule has 0 spiro atoms. The highest BCUT2D eigenvalue weighted by Gasteiger charge is 2.30. The molecule has 0 bridgehead atoms. The van der Waals surface area contributed by atoms with Crippen LogP contribution in [-0.4, -0.2) is 96.7 Å². The number of phosphoric ester groups is 2. The second kappa shape index (κ2) is 60.7. The van der Waals surface area contributed by atoms with Crippen LogP contribution in [0.4, 0.5) is 0 Å². The first kappa shape index (κ1) is 88.1. The minimum absolute atomic E-state index is 0.104. The number of rotatable bonds is 68. The maximum Gasteiger partial charge on any atom is 0.472 e. The van der Waals surface area contributed by atoms with Crippen LogP contribution in [0.2, 0.25) is 0 Å². The summed E-state index contributed by atoms with van der Waals surface area (Å²) in [5.74, 6) is 0.832. The lowest BCUT2D eigenvalue weighted by Gasteiger charge is -2.21. The minimum Gasteiger partial charge on any atom is -0.462 e. The first-order chi connectivity index (χ1) is 43.1. The molecule has 0 amide bonds. The van der Waals surface area contributed by atoms with Gasteiger partial charge in [0.1, 0.15) is 19.3 Å². The number of hydrogen-bond acceptors (Lipinski definition) is 15. The van der Waals surface area contributed by atoms with E-state index in [-0.39, 0.29) is 25.7 Å². The van der Waals surface area contributed by atoms with E-state index in [1.807, 2.05) is 0 Å². The van der Waals surface area contributed by atoms with Crippen LogP contribution in [0.1, 0.15) is 351 Å². The molecule has 0 aliphatic carbocycles. The predicted molar refractivity (Wildman–Crippen MR) is 363 cm³/mol. The zero-order chi connectivity index (χ0) is 66.8. The molecule has 0 saturated heterocycles. The summed E-state index contributed by atoms with van der Waals surface area (Å²) >= 11 is 0. The molecule has 0 aromatic rings. The zero-order valence-corrected chi connectivity index (χ0v) is 60.6. The van der Waals surface area contributed by atoms with E-state index in [2.05, 4.69) is 55.4 Å². The summed E-state index contributed by atoms with van der Waals surface area (Å²) in [5, 5.41) is 10.6. The van der Waals surface area contributed by atoms with Crippen molar-refractivity contribution in [3.05, 3.63) is 0 Å². The van der Waals surface area contributed by atoms with Gasteiger partial charge >= 0.3 is 39.5 Å². The van der Waals surface area contributed by atoms with E-state index in [0.29, 0.717) is 31.6 Å². The summed E-state index contributed by atoms with van der Waals surface area (Å²) < 4.78 is 68.3. The fraction of sp³-hybridized carbons (Fsp3) is 0.944. The Morgan fingerprint density at radius 2 is 0.467 bits per heavy atom. The Morgan fingerprint density at radius 3 is 0.689 bits per heavy atom. The number of carbonyl (C=O) groups is 4. The van der Waals surface area contributed by atoms with Crippen molar-refractivity contribution in [3.63, 3.8) is 0 Å². The lowest BCUT2D eigenvalue weighted by atomic mass is 10.0. The van der Waals surface area contributed by atoms with Gasteiger partial charge in [-0.1, -0.05) is 299 Å². The molecule has 5 atom stereocenters. The third-order valence-corrected chi connectivity index (χ3v) is 18.2. The Labute approximate surface area is 549 Å². The van der Waals surface area contributed by atoms with Crippen molar-refractivity contribution in [2.45, 2.75) is 369 Å². The second-order valence-electron chi connectivity index (χ2n) is 27.5. The molecule has 90 heavy (non-hydrogen) atoms. The van der Waals surface area contributed by atoms with Gasteiger partial charge in [-0.2, -0.15) is 0 Å². The molecule has 0 aliphatic heterocycles. The van der Waals surface area contributed by atoms with Gasteiger partial charge in [-0.25, -0.2) is 9.13 Å². The predicted octanol–water partition coefficient (Wildman–Crippen LogP) is 20.1. The van der Waals surface area contributed by atoms with E-state index >= 15 is 0 Å². The maximum absolute atomic E-state index is 13.0. The van der Waals surface area contributed by atoms with Gasteiger partial charge in [-0.3, -0.25) is 37.3 Å². The Morgan fingerprint density at radius 1 is 0.278 bits per heavy atom. The highest BCUT2D eigenvalue weighted by molar-refractivity contribution is 7.47. The monoisotopic (exact) mass is 1320 g/mol. The standard InChI is InChI=1S/C71H138O17P2/c1-61(2)47-39-31-23-16-13-11-9-10-12-14-18-28-37-45-53-70(75)87-67(58-82-69(74)52-44-36-30-22-26-34-42-50-64(7)8)60-86-90(79,80)84-56-65(72)55-83-89(77,78)85-59-66(88-71(76)54-46-38-29-21-20-25-33-41-49-63(5)6)57-81-68(73)51-43-35-27-19-15-17-24-32-40-48-62(3)4/h61-67,72H,9-60H2,1-8H3,(H,77,78)(H,79,80)/t65?,66-,67-/m1/s1. The molecule has 3 unspecified atom stereocenters. The SMILES string of the molecule is CC(C)CCCCCCCCCCCCCCCCC(=O)O[C@H](COC(=O)CCCCCCCCCC(C)C)COP(=O)(O)OCC(O)COP(=O)(O)OC[C@@H](COC(=O)CCCCCCCCCCCC(C)C)OC(=O)CCCCCCCCCCC(C)C. The quantitative estimate of drug-likeness (QED) is 0.0222. The van der Waals surface area contributed by atoms with Gasteiger partial charge in [0.05, 0.1) is 26.4 Å². The summed E-state index contributed by atoms with van der Waals surface area (Å²) in [5.41, 5.74) is 0. The van der Waals surface area contributed by atoms with E-state index in [9.17, 15) is 43.2 Å². The molecular formula is C71H138O17P2. The van der Waals surface area contributed by atoms with Gasteiger partial charge < -0.3 is 33.8 Å². The average molecular weight is 1330 g/mol. The number of ether oxygens (including phenoxy) is 4. The van der Waals surface area contributed by atoms with Crippen LogP contribution in [-0.2, 0) is 65.4 Å². The van der Waals surface area contributed by atoms with Crippen LogP contribution in [0.25, 0.3) is 0 Å². The minimum atomic E-state index is -4.95. The van der Waals surface area contributed by atoms with Crippen LogP contribution >= 0.6 is 15.6 Å². The lowest BCUT2D eigenvalue weighted by molar-refractivity contribution is -0.161. The highest BCUT2D eigenvalue weighted by Crippen LogP contribution is 2.45. The first-order valence-electron chi connectivity index (χ1n) is 36.7.